The van der Waals surface area contributed by atoms with Crippen LogP contribution < -0.4 is 10.8 Å². The molecule has 2 aromatic heterocycles. The number of hydrogen-bond acceptors (Lipinski definition) is 5. The molecule has 136 valence electrons. The summed E-state index contributed by atoms with van der Waals surface area (Å²) < 4.78 is 17.1. The number of imidazole rings is 1. The van der Waals surface area contributed by atoms with Crippen LogP contribution in [0.25, 0.3) is 5.52 Å². The van der Waals surface area contributed by atoms with E-state index in [1.54, 1.807) is 18.2 Å². The molecule has 7 nitrogen and oxygen atoms in total. The second-order valence-electron chi connectivity index (χ2n) is 5.16. The topological polar surface area (TPSA) is 87.9 Å². The molecule has 2 heterocycles. The quantitative estimate of drug-likeness (QED) is 0.214. The normalized spacial score (nSPS) is 10.9. The molecule has 0 aliphatic heterocycles. The van der Waals surface area contributed by atoms with Gasteiger partial charge in [-0.25, -0.2) is 10.5 Å². The fraction of sp³-hybridized carbons (Fsp3) is 0.125. The van der Waals surface area contributed by atoms with Crippen molar-refractivity contribution in [3.8, 4) is 0 Å². The predicted octanol–water partition coefficient (Wildman–Crippen LogP) is 3.13. The van der Waals surface area contributed by atoms with Crippen molar-refractivity contribution in [3.63, 3.8) is 0 Å². The van der Waals surface area contributed by atoms with E-state index in [-0.39, 0.29) is 24.5 Å². The lowest BCUT2D eigenvalue weighted by molar-refractivity contribution is 0.0168. The number of hydroxylamine groups is 1. The number of pyridine rings is 1. The van der Waals surface area contributed by atoms with Crippen molar-refractivity contribution >= 4 is 57.0 Å². The van der Waals surface area contributed by atoms with Gasteiger partial charge in [-0.2, -0.15) is 4.39 Å². The highest BCUT2D eigenvalue weighted by Gasteiger charge is 2.20. The molecule has 0 atom stereocenters. The van der Waals surface area contributed by atoms with Crippen molar-refractivity contribution in [3.05, 3.63) is 56.9 Å². The molecule has 3 rings (SSSR count). The summed E-state index contributed by atoms with van der Waals surface area (Å²) >= 11 is 8.31. The van der Waals surface area contributed by atoms with E-state index in [1.165, 1.54) is 23.0 Å². The van der Waals surface area contributed by atoms with Crippen molar-refractivity contribution in [2.24, 2.45) is 0 Å². The summed E-state index contributed by atoms with van der Waals surface area (Å²) in [5.41, 5.74) is 2.93. The Bertz CT molecular complexity index is 966. The van der Waals surface area contributed by atoms with E-state index in [9.17, 15) is 9.18 Å². The van der Waals surface area contributed by atoms with Crippen LogP contribution in [0.5, 0.6) is 0 Å². The zero-order valence-corrected chi connectivity index (χ0v) is 16.1. The van der Waals surface area contributed by atoms with E-state index in [0.29, 0.717) is 16.2 Å². The number of carbonyl (C=O) groups excluding carboxylic acids is 1. The minimum absolute atomic E-state index is 0.00283. The number of aliphatic hydroxyl groups is 1. The highest BCUT2D eigenvalue weighted by molar-refractivity contribution is 14.1. The highest BCUT2D eigenvalue weighted by Crippen LogP contribution is 2.31. The van der Waals surface area contributed by atoms with Gasteiger partial charge >= 0.3 is 0 Å². The van der Waals surface area contributed by atoms with Crippen LogP contribution in [0.15, 0.2) is 36.8 Å². The summed E-state index contributed by atoms with van der Waals surface area (Å²) in [6, 6.07) is 6.66. The SMILES string of the molecule is O=C(NOCCO)c1cc2cncn2c(F)c1Nc1ccc(I)cc1Cl. The van der Waals surface area contributed by atoms with Gasteiger partial charge in [0.2, 0.25) is 5.95 Å². The van der Waals surface area contributed by atoms with Gasteiger partial charge in [0.15, 0.2) is 0 Å². The van der Waals surface area contributed by atoms with Crippen molar-refractivity contribution in [1.29, 1.82) is 0 Å². The first-order chi connectivity index (χ1) is 12.5. The van der Waals surface area contributed by atoms with Gasteiger partial charge in [0.05, 0.1) is 41.2 Å². The van der Waals surface area contributed by atoms with Crippen LogP contribution in [-0.4, -0.2) is 33.6 Å². The number of hydrogen-bond donors (Lipinski definition) is 3. The molecule has 1 aromatic carbocycles. The Balaban J connectivity index is 2.04. The molecule has 0 saturated heterocycles. The van der Waals surface area contributed by atoms with E-state index >= 15 is 0 Å². The second-order valence-corrected chi connectivity index (χ2v) is 6.82. The van der Waals surface area contributed by atoms with Crippen LogP contribution in [-0.2, 0) is 4.84 Å². The number of benzene rings is 1. The number of aromatic nitrogens is 2. The zero-order valence-electron chi connectivity index (χ0n) is 13.2. The third kappa shape index (κ3) is 3.90. The molecule has 0 bridgehead atoms. The fourth-order valence-corrected chi connectivity index (χ4v) is 3.17. The number of halogens is 3. The minimum atomic E-state index is -0.707. The predicted molar refractivity (Wildman–Crippen MR) is 103 cm³/mol. The first kappa shape index (κ1) is 18.8. The minimum Gasteiger partial charge on any atom is -0.394 e. The van der Waals surface area contributed by atoms with E-state index in [4.69, 9.17) is 21.5 Å². The largest absolute Gasteiger partial charge is 0.394 e. The van der Waals surface area contributed by atoms with Crippen molar-refractivity contribution < 1.29 is 19.1 Å². The molecule has 0 fully saturated rings. The van der Waals surface area contributed by atoms with Crippen LogP contribution in [0.3, 0.4) is 0 Å². The lowest BCUT2D eigenvalue weighted by Crippen LogP contribution is -2.26. The Morgan fingerprint density at radius 2 is 2.23 bits per heavy atom. The number of nitrogens with zero attached hydrogens (tertiary/aromatic N) is 2. The van der Waals surface area contributed by atoms with Crippen LogP contribution in [0.1, 0.15) is 10.4 Å². The van der Waals surface area contributed by atoms with Gasteiger partial charge in [0.25, 0.3) is 5.91 Å². The van der Waals surface area contributed by atoms with E-state index in [2.05, 4.69) is 38.4 Å². The number of rotatable bonds is 6. The maximum atomic E-state index is 15.0. The summed E-state index contributed by atoms with van der Waals surface area (Å²) in [5, 5.41) is 12.0. The molecule has 0 spiro atoms. The van der Waals surface area contributed by atoms with Gasteiger partial charge in [-0.05, 0) is 46.9 Å². The molecule has 0 saturated carbocycles. The van der Waals surface area contributed by atoms with E-state index in [0.717, 1.165) is 3.57 Å². The second kappa shape index (κ2) is 8.16. The van der Waals surface area contributed by atoms with E-state index < -0.39 is 11.9 Å². The van der Waals surface area contributed by atoms with Gasteiger partial charge in [0, 0.05) is 3.57 Å². The first-order valence-electron chi connectivity index (χ1n) is 7.41. The maximum Gasteiger partial charge on any atom is 0.277 e. The van der Waals surface area contributed by atoms with Gasteiger partial charge in [-0.1, -0.05) is 11.6 Å². The Kier molecular flexibility index (Phi) is 5.91. The maximum absolute atomic E-state index is 15.0. The van der Waals surface area contributed by atoms with Crippen LogP contribution in [0.2, 0.25) is 5.02 Å². The van der Waals surface area contributed by atoms with Crippen molar-refractivity contribution in [2.75, 3.05) is 18.5 Å². The molecule has 0 aliphatic carbocycles. The number of aliphatic hydroxyl groups excluding tert-OH is 1. The Morgan fingerprint density at radius 3 is 2.96 bits per heavy atom. The Labute approximate surface area is 166 Å². The average Bonchev–Trinajstić information content (AvgIpc) is 3.08. The summed E-state index contributed by atoms with van der Waals surface area (Å²) in [7, 11) is 0. The summed E-state index contributed by atoms with van der Waals surface area (Å²) in [5.74, 6) is -1.38. The van der Waals surface area contributed by atoms with E-state index in [1.807, 2.05) is 0 Å². The van der Waals surface area contributed by atoms with Crippen LogP contribution in [0, 0.1) is 9.52 Å². The molecule has 3 N–H and O–H groups in total. The summed E-state index contributed by atoms with van der Waals surface area (Å²) in [6.07, 6.45) is 2.73. The molecule has 0 unspecified atom stereocenters. The zero-order chi connectivity index (χ0) is 18.7. The highest BCUT2D eigenvalue weighted by atomic mass is 127. The Hall–Kier alpha value is -1.95. The van der Waals surface area contributed by atoms with Gasteiger partial charge < -0.3 is 10.4 Å². The molecular weight excluding hydrogens is 478 g/mol. The van der Waals surface area contributed by atoms with Gasteiger partial charge in [0.1, 0.15) is 12.0 Å². The third-order valence-electron chi connectivity index (χ3n) is 3.44. The molecule has 0 radical (unpaired) electrons. The van der Waals surface area contributed by atoms with Crippen LogP contribution >= 0.6 is 34.2 Å². The lowest BCUT2D eigenvalue weighted by Gasteiger charge is -2.15. The smallest absolute Gasteiger partial charge is 0.277 e. The first-order valence-corrected chi connectivity index (χ1v) is 8.86. The van der Waals surface area contributed by atoms with Crippen molar-refractivity contribution in [2.45, 2.75) is 0 Å². The number of fused-ring (bicyclic) bond motifs is 1. The lowest BCUT2D eigenvalue weighted by atomic mass is 10.1. The molecule has 26 heavy (non-hydrogen) atoms. The third-order valence-corrected chi connectivity index (χ3v) is 4.42. The summed E-state index contributed by atoms with van der Waals surface area (Å²) in [6.45, 7) is -0.353. The standard InChI is InChI=1S/C16H13ClFIN4O3/c17-12-5-9(19)1-2-13(12)21-14-11(16(25)22-26-4-3-24)6-10-7-20-8-23(10)15(14)18/h1-2,5-8,21,24H,3-4H2,(H,22,25). The fourth-order valence-electron chi connectivity index (χ4n) is 2.27. The molecule has 10 heteroatoms. The molecule has 3 aromatic rings. The monoisotopic (exact) mass is 490 g/mol. The van der Waals surface area contributed by atoms with Crippen LogP contribution in [0.4, 0.5) is 15.8 Å². The number of nitrogens with one attached hydrogen (secondary N) is 2. The number of anilines is 2. The van der Waals surface area contributed by atoms with Gasteiger partial charge in [-0.15, -0.1) is 0 Å². The Morgan fingerprint density at radius 1 is 1.42 bits per heavy atom. The number of carbonyl (C=O) groups is 1. The summed E-state index contributed by atoms with van der Waals surface area (Å²) in [4.78, 5) is 21.1. The van der Waals surface area contributed by atoms with Crippen molar-refractivity contribution in [1.82, 2.24) is 14.9 Å². The average molecular weight is 491 g/mol. The number of amides is 1. The molecule has 0 aliphatic rings. The molecular formula is C16H13ClFIN4O3. The molecule has 1 amide bonds. The van der Waals surface area contributed by atoms with Gasteiger partial charge in [-0.3, -0.25) is 14.0 Å².